The van der Waals surface area contributed by atoms with E-state index < -0.39 is 0 Å². The Morgan fingerprint density at radius 3 is 2.74 bits per heavy atom. The van der Waals surface area contributed by atoms with Crippen molar-refractivity contribution in [3.63, 3.8) is 0 Å². The monoisotopic (exact) mass is 319 g/mol. The summed E-state index contributed by atoms with van der Waals surface area (Å²) >= 11 is 0. The first-order valence-corrected chi connectivity index (χ1v) is 8.35. The quantitative estimate of drug-likeness (QED) is 0.684. The van der Waals surface area contributed by atoms with E-state index in [1.54, 1.807) is 6.07 Å². The van der Waals surface area contributed by atoms with Crippen molar-refractivity contribution in [3.05, 3.63) is 33.4 Å². The first kappa shape index (κ1) is 16.2. The number of benzene rings is 1. The van der Waals surface area contributed by atoms with E-state index in [1.807, 2.05) is 6.07 Å². The minimum absolute atomic E-state index is 0.0328. The van der Waals surface area contributed by atoms with Crippen LogP contribution in [-0.2, 0) is 13.0 Å². The van der Waals surface area contributed by atoms with Crippen molar-refractivity contribution in [1.29, 1.82) is 0 Å². The van der Waals surface area contributed by atoms with E-state index in [9.17, 15) is 15.2 Å². The fourth-order valence-electron chi connectivity index (χ4n) is 4.04. The largest absolute Gasteiger partial charge is 0.391 e. The van der Waals surface area contributed by atoms with Crippen LogP contribution in [0.3, 0.4) is 0 Å². The second-order valence-electron chi connectivity index (χ2n) is 7.02. The third kappa shape index (κ3) is 2.81. The van der Waals surface area contributed by atoms with Gasteiger partial charge in [-0.25, -0.2) is 0 Å². The van der Waals surface area contributed by atoms with Gasteiger partial charge in [-0.05, 0) is 45.2 Å². The number of piperazine rings is 1. The number of fused-ring (bicyclic) bond motifs is 3. The number of hydrogen-bond acceptors (Lipinski definition) is 5. The number of hydrogen-bond donors (Lipinski definition) is 1. The van der Waals surface area contributed by atoms with Crippen molar-refractivity contribution in [1.82, 2.24) is 4.90 Å². The van der Waals surface area contributed by atoms with E-state index in [1.165, 1.54) is 0 Å². The highest BCUT2D eigenvalue weighted by Crippen LogP contribution is 2.39. The standard InChI is InChI=1S/C17H25N3O3/c1-11(2)18-8-12(3)19-15(9-18)5-4-13-6-14(10-21)17(20(22)23)7-16(13)19/h6-7,11-12,15,21H,4-5,8-10H2,1-3H3. The lowest BCUT2D eigenvalue weighted by Gasteiger charge is -2.51. The van der Waals surface area contributed by atoms with Crippen molar-refractivity contribution < 1.29 is 10.0 Å². The lowest BCUT2D eigenvalue weighted by Crippen LogP contribution is -2.60. The Bertz CT molecular complexity index is 617. The number of aryl methyl sites for hydroxylation is 1. The van der Waals surface area contributed by atoms with Gasteiger partial charge in [0.15, 0.2) is 0 Å². The highest BCUT2D eigenvalue weighted by Gasteiger charge is 2.37. The number of rotatable bonds is 3. The van der Waals surface area contributed by atoms with Crippen LogP contribution < -0.4 is 4.90 Å². The lowest BCUT2D eigenvalue weighted by molar-refractivity contribution is -0.385. The van der Waals surface area contributed by atoms with Crippen LogP contribution in [0.1, 0.15) is 38.3 Å². The van der Waals surface area contributed by atoms with Gasteiger partial charge < -0.3 is 10.0 Å². The Hall–Kier alpha value is -1.66. The zero-order valence-electron chi connectivity index (χ0n) is 14.0. The summed E-state index contributed by atoms with van der Waals surface area (Å²) < 4.78 is 0. The summed E-state index contributed by atoms with van der Waals surface area (Å²) in [7, 11) is 0. The highest BCUT2D eigenvalue weighted by molar-refractivity contribution is 5.65. The van der Waals surface area contributed by atoms with E-state index in [2.05, 4.69) is 30.6 Å². The molecule has 2 aliphatic heterocycles. The summed E-state index contributed by atoms with van der Waals surface area (Å²) in [6, 6.07) is 4.76. The molecule has 1 fully saturated rings. The zero-order chi connectivity index (χ0) is 16.7. The second-order valence-corrected chi connectivity index (χ2v) is 7.02. The maximum absolute atomic E-state index is 11.3. The summed E-state index contributed by atoms with van der Waals surface area (Å²) in [5, 5.41) is 20.7. The van der Waals surface area contributed by atoms with Crippen LogP contribution in [0.15, 0.2) is 12.1 Å². The molecule has 0 spiro atoms. The molecule has 23 heavy (non-hydrogen) atoms. The molecular weight excluding hydrogens is 294 g/mol. The summed E-state index contributed by atoms with van der Waals surface area (Å²) in [6.07, 6.45) is 1.98. The number of aliphatic hydroxyl groups excluding tert-OH is 1. The molecule has 3 rings (SSSR count). The molecule has 2 aliphatic rings. The molecule has 0 aliphatic carbocycles. The first-order valence-electron chi connectivity index (χ1n) is 8.35. The van der Waals surface area contributed by atoms with Crippen LogP contribution in [0.2, 0.25) is 0 Å². The molecule has 1 saturated heterocycles. The van der Waals surface area contributed by atoms with Crippen LogP contribution in [0.25, 0.3) is 0 Å². The maximum Gasteiger partial charge on any atom is 0.276 e. The number of nitro groups is 1. The zero-order valence-corrected chi connectivity index (χ0v) is 14.0. The second kappa shape index (κ2) is 6.09. The van der Waals surface area contributed by atoms with Gasteiger partial charge in [0.2, 0.25) is 0 Å². The Morgan fingerprint density at radius 2 is 2.13 bits per heavy atom. The summed E-state index contributed by atoms with van der Waals surface area (Å²) in [5.74, 6) is 0. The molecule has 1 N–H and O–H groups in total. The van der Waals surface area contributed by atoms with Crippen molar-refractivity contribution >= 4 is 11.4 Å². The average molecular weight is 319 g/mol. The summed E-state index contributed by atoms with van der Waals surface area (Å²) in [6.45, 7) is 8.33. The Morgan fingerprint density at radius 1 is 1.39 bits per heavy atom. The van der Waals surface area contributed by atoms with Crippen molar-refractivity contribution in [2.75, 3.05) is 18.0 Å². The molecule has 6 nitrogen and oxygen atoms in total. The van der Waals surface area contributed by atoms with Crippen LogP contribution >= 0.6 is 0 Å². The van der Waals surface area contributed by atoms with Gasteiger partial charge in [0, 0.05) is 43.0 Å². The van der Waals surface area contributed by atoms with Gasteiger partial charge in [0.25, 0.3) is 5.69 Å². The molecule has 0 aromatic heterocycles. The van der Waals surface area contributed by atoms with Crippen molar-refractivity contribution in [2.45, 2.75) is 58.3 Å². The average Bonchev–Trinajstić information content (AvgIpc) is 2.52. The van der Waals surface area contributed by atoms with Gasteiger partial charge in [0.1, 0.15) is 0 Å². The SMILES string of the molecule is CC(C)N1CC(C)N2c3cc([N+](=O)[O-])c(CO)cc3CCC2C1. The molecule has 1 aromatic carbocycles. The predicted molar refractivity (Wildman–Crippen MR) is 89.8 cm³/mol. The lowest BCUT2D eigenvalue weighted by atomic mass is 9.89. The van der Waals surface area contributed by atoms with Gasteiger partial charge >= 0.3 is 0 Å². The normalized spacial score (nSPS) is 24.5. The van der Waals surface area contributed by atoms with Gasteiger partial charge in [0.05, 0.1) is 17.1 Å². The van der Waals surface area contributed by atoms with E-state index in [4.69, 9.17) is 0 Å². The molecular formula is C17H25N3O3. The minimum atomic E-state index is -0.384. The Kier molecular flexibility index (Phi) is 4.29. The molecule has 2 atom stereocenters. The minimum Gasteiger partial charge on any atom is -0.391 e. The number of nitro benzene ring substituents is 1. The van der Waals surface area contributed by atoms with E-state index in [-0.39, 0.29) is 17.2 Å². The molecule has 0 radical (unpaired) electrons. The molecule has 2 heterocycles. The fraction of sp³-hybridized carbons (Fsp3) is 0.647. The van der Waals surface area contributed by atoms with E-state index in [0.717, 1.165) is 37.2 Å². The highest BCUT2D eigenvalue weighted by atomic mass is 16.6. The topological polar surface area (TPSA) is 69.9 Å². The van der Waals surface area contributed by atoms with Gasteiger partial charge in [-0.2, -0.15) is 0 Å². The van der Waals surface area contributed by atoms with Crippen LogP contribution in [0, 0.1) is 10.1 Å². The summed E-state index contributed by atoms with van der Waals surface area (Å²) in [5.41, 5.74) is 2.56. The van der Waals surface area contributed by atoms with Crippen LogP contribution in [0.4, 0.5) is 11.4 Å². The summed E-state index contributed by atoms with van der Waals surface area (Å²) in [4.78, 5) is 15.8. The van der Waals surface area contributed by atoms with E-state index in [0.29, 0.717) is 23.7 Å². The molecule has 0 amide bonds. The van der Waals surface area contributed by atoms with Gasteiger partial charge in [-0.15, -0.1) is 0 Å². The van der Waals surface area contributed by atoms with Gasteiger partial charge in [-0.1, -0.05) is 0 Å². The smallest absolute Gasteiger partial charge is 0.276 e. The Balaban J connectivity index is 2.00. The molecule has 2 unspecified atom stereocenters. The maximum atomic E-state index is 11.3. The number of nitrogens with zero attached hydrogens (tertiary/aromatic N) is 3. The molecule has 126 valence electrons. The number of anilines is 1. The van der Waals surface area contributed by atoms with Gasteiger partial charge in [-0.3, -0.25) is 15.0 Å². The van der Waals surface area contributed by atoms with E-state index >= 15 is 0 Å². The van der Waals surface area contributed by atoms with Crippen LogP contribution in [0.5, 0.6) is 0 Å². The molecule has 1 aromatic rings. The number of aliphatic hydroxyl groups is 1. The molecule has 6 heteroatoms. The first-order chi connectivity index (χ1) is 10.9. The van der Waals surface area contributed by atoms with Crippen molar-refractivity contribution in [3.8, 4) is 0 Å². The van der Waals surface area contributed by atoms with Crippen molar-refractivity contribution in [2.24, 2.45) is 0 Å². The van der Waals surface area contributed by atoms with Crippen LogP contribution in [-0.4, -0.2) is 46.1 Å². The third-order valence-electron chi connectivity index (χ3n) is 5.21. The third-order valence-corrected chi connectivity index (χ3v) is 5.21. The Labute approximate surface area is 136 Å². The fourth-order valence-corrected chi connectivity index (χ4v) is 4.04. The predicted octanol–water partition coefficient (Wildman–Crippen LogP) is 2.32. The molecule has 0 saturated carbocycles. The molecule has 0 bridgehead atoms.